The summed E-state index contributed by atoms with van der Waals surface area (Å²) in [5, 5.41) is -0.316. The number of rotatable bonds is 4. The summed E-state index contributed by atoms with van der Waals surface area (Å²) < 4.78 is 25.8. The summed E-state index contributed by atoms with van der Waals surface area (Å²) in [6, 6.07) is 2.85. The van der Waals surface area contributed by atoms with Gasteiger partial charge < -0.3 is 14.0 Å². The van der Waals surface area contributed by atoms with E-state index in [1.165, 1.54) is 20.9 Å². The average molecular weight is 413 g/mol. The van der Waals surface area contributed by atoms with Crippen LogP contribution in [0.5, 0.6) is 0 Å². The minimum Gasteiger partial charge on any atom is -0.466 e. The second kappa shape index (κ2) is 7.59. The SMILES string of the molecule is COC(=O)C(C)(C)OC(=O)c1cc(-n2c(=O)cc(C)n(C)c2=O)c(F)cc1Cl. The van der Waals surface area contributed by atoms with Gasteiger partial charge >= 0.3 is 17.6 Å². The van der Waals surface area contributed by atoms with Gasteiger partial charge in [-0.2, -0.15) is 0 Å². The molecule has 0 bridgehead atoms. The van der Waals surface area contributed by atoms with Crippen LogP contribution in [0.3, 0.4) is 0 Å². The van der Waals surface area contributed by atoms with Crippen LogP contribution in [-0.4, -0.2) is 33.8 Å². The van der Waals surface area contributed by atoms with Crippen molar-refractivity contribution in [2.24, 2.45) is 7.05 Å². The van der Waals surface area contributed by atoms with Crippen molar-refractivity contribution in [1.82, 2.24) is 9.13 Å². The highest BCUT2D eigenvalue weighted by atomic mass is 35.5. The Balaban J connectivity index is 2.63. The lowest BCUT2D eigenvalue weighted by molar-refractivity contribution is -0.159. The van der Waals surface area contributed by atoms with Crippen LogP contribution in [0, 0.1) is 12.7 Å². The normalized spacial score (nSPS) is 11.2. The first-order valence-corrected chi connectivity index (χ1v) is 8.39. The molecule has 0 aliphatic heterocycles. The predicted molar refractivity (Wildman–Crippen MR) is 98.5 cm³/mol. The maximum absolute atomic E-state index is 14.5. The summed E-state index contributed by atoms with van der Waals surface area (Å²) in [7, 11) is 2.54. The number of aromatic nitrogens is 2. The summed E-state index contributed by atoms with van der Waals surface area (Å²) in [5.41, 5.74) is -3.65. The third-order valence-corrected chi connectivity index (χ3v) is 4.39. The van der Waals surface area contributed by atoms with Gasteiger partial charge in [-0.05, 0) is 32.9 Å². The minimum absolute atomic E-state index is 0.316. The lowest BCUT2D eigenvalue weighted by atomic mass is 10.1. The van der Waals surface area contributed by atoms with E-state index in [4.69, 9.17) is 16.3 Å². The van der Waals surface area contributed by atoms with Crippen molar-refractivity contribution in [3.05, 3.63) is 61.1 Å². The number of carbonyl (C=O) groups is 2. The van der Waals surface area contributed by atoms with Crippen LogP contribution < -0.4 is 11.2 Å². The molecule has 1 aromatic carbocycles. The fourth-order valence-electron chi connectivity index (χ4n) is 2.40. The zero-order valence-electron chi connectivity index (χ0n) is 15.8. The maximum Gasteiger partial charge on any atom is 0.349 e. The average Bonchev–Trinajstić information content (AvgIpc) is 2.60. The third kappa shape index (κ3) is 3.84. The van der Waals surface area contributed by atoms with E-state index in [1.807, 2.05) is 0 Å². The van der Waals surface area contributed by atoms with Crippen LogP contribution in [0.25, 0.3) is 5.69 Å². The second-order valence-corrected chi connectivity index (χ2v) is 6.88. The van der Waals surface area contributed by atoms with E-state index in [9.17, 15) is 23.6 Å². The number of methoxy groups -OCH3 is 1. The molecule has 0 aliphatic carbocycles. The highest BCUT2D eigenvalue weighted by Crippen LogP contribution is 2.25. The standard InChI is InChI=1S/C18H18ClFN2O6/c1-9-6-14(23)22(17(26)21(9)4)13-7-10(11(19)8-12(13)20)15(24)28-18(2,3)16(25)27-5/h6-8H,1-5H3. The minimum atomic E-state index is -1.64. The molecule has 2 aromatic rings. The van der Waals surface area contributed by atoms with Gasteiger partial charge in [-0.25, -0.2) is 23.3 Å². The fraction of sp³-hybridized carbons (Fsp3) is 0.333. The smallest absolute Gasteiger partial charge is 0.349 e. The molecule has 0 spiro atoms. The third-order valence-electron chi connectivity index (χ3n) is 4.08. The van der Waals surface area contributed by atoms with Gasteiger partial charge in [-0.15, -0.1) is 0 Å². The molecule has 0 fully saturated rings. The summed E-state index contributed by atoms with van der Waals surface area (Å²) in [6.07, 6.45) is 0. The summed E-state index contributed by atoms with van der Waals surface area (Å²) in [5.74, 6) is -2.86. The van der Waals surface area contributed by atoms with E-state index in [-0.39, 0.29) is 10.6 Å². The van der Waals surface area contributed by atoms with E-state index in [0.717, 1.165) is 29.9 Å². The zero-order valence-corrected chi connectivity index (χ0v) is 16.6. The van der Waals surface area contributed by atoms with Gasteiger partial charge in [0.15, 0.2) is 0 Å². The lowest BCUT2D eigenvalue weighted by Gasteiger charge is -2.22. The van der Waals surface area contributed by atoms with Crippen molar-refractivity contribution >= 4 is 23.5 Å². The Morgan fingerprint density at radius 2 is 1.79 bits per heavy atom. The Kier molecular flexibility index (Phi) is 5.79. The molecular formula is C18H18ClFN2O6. The number of ether oxygens (including phenoxy) is 2. The van der Waals surface area contributed by atoms with Crippen LogP contribution in [-0.2, 0) is 21.3 Å². The Morgan fingerprint density at radius 1 is 1.18 bits per heavy atom. The van der Waals surface area contributed by atoms with Crippen molar-refractivity contribution < 1.29 is 23.5 Å². The molecule has 8 nitrogen and oxygen atoms in total. The molecule has 0 saturated carbocycles. The van der Waals surface area contributed by atoms with Crippen molar-refractivity contribution in [2.75, 3.05) is 7.11 Å². The lowest BCUT2D eigenvalue weighted by Crippen LogP contribution is -2.39. The van der Waals surface area contributed by atoms with Gasteiger partial charge in [0.25, 0.3) is 5.56 Å². The van der Waals surface area contributed by atoms with Crippen LogP contribution in [0.1, 0.15) is 29.9 Å². The Labute approximate surface area is 164 Å². The molecule has 0 N–H and O–H groups in total. The first-order chi connectivity index (χ1) is 12.9. The molecule has 10 heteroatoms. The Bertz CT molecular complexity index is 1090. The quantitative estimate of drug-likeness (QED) is 0.710. The van der Waals surface area contributed by atoms with Crippen LogP contribution in [0.2, 0.25) is 5.02 Å². The van der Waals surface area contributed by atoms with E-state index in [0.29, 0.717) is 10.3 Å². The molecule has 0 amide bonds. The summed E-state index contributed by atoms with van der Waals surface area (Å²) in [6.45, 7) is 4.15. The first-order valence-electron chi connectivity index (χ1n) is 8.01. The number of hydrogen-bond acceptors (Lipinski definition) is 6. The molecule has 1 heterocycles. The van der Waals surface area contributed by atoms with Crippen LogP contribution in [0.15, 0.2) is 27.8 Å². The molecule has 150 valence electrons. The van der Waals surface area contributed by atoms with Gasteiger partial charge in [0.05, 0.1) is 23.4 Å². The molecule has 28 heavy (non-hydrogen) atoms. The van der Waals surface area contributed by atoms with Crippen molar-refractivity contribution in [1.29, 1.82) is 0 Å². The van der Waals surface area contributed by atoms with E-state index in [2.05, 4.69) is 4.74 Å². The number of benzene rings is 1. The molecule has 0 aliphatic rings. The van der Waals surface area contributed by atoms with E-state index in [1.54, 1.807) is 6.92 Å². The van der Waals surface area contributed by atoms with Crippen LogP contribution >= 0.6 is 11.6 Å². The number of esters is 2. The predicted octanol–water partition coefficient (Wildman–Crippen LogP) is 1.75. The molecule has 0 saturated heterocycles. The van der Waals surface area contributed by atoms with Crippen LogP contribution in [0.4, 0.5) is 4.39 Å². The molecule has 0 atom stereocenters. The Hall–Kier alpha value is -2.94. The van der Waals surface area contributed by atoms with Crippen molar-refractivity contribution in [3.8, 4) is 5.69 Å². The molecule has 0 unspecified atom stereocenters. The molecule has 0 radical (unpaired) electrons. The number of nitrogens with zero attached hydrogens (tertiary/aromatic N) is 2. The number of carbonyl (C=O) groups excluding carboxylic acids is 2. The van der Waals surface area contributed by atoms with E-state index < -0.39 is 40.3 Å². The Morgan fingerprint density at radius 3 is 2.36 bits per heavy atom. The monoisotopic (exact) mass is 412 g/mol. The highest BCUT2D eigenvalue weighted by Gasteiger charge is 2.34. The molecule has 2 rings (SSSR count). The number of aryl methyl sites for hydroxylation is 1. The number of hydrogen-bond donors (Lipinski definition) is 0. The first kappa shape index (κ1) is 21.4. The van der Waals surface area contributed by atoms with Crippen molar-refractivity contribution in [3.63, 3.8) is 0 Å². The van der Waals surface area contributed by atoms with Gasteiger partial charge in [-0.3, -0.25) is 4.79 Å². The molecular weight excluding hydrogens is 395 g/mol. The van der Waals surface area contributed by atoms with Gasteiger partial charge in [0, 0.05) is 18.8 Å². The summed E-state index contributed by atoms with van der Waals surface area (Å²) >= 11 is 5.93. The van der Waals surface area contributed by atoms with Crippen molar-refractivity contribution in [2.45, 2.75) is 26.4 Å². The van der Waals surface area contributed by atoms with Gasteiger partial charge in [0.1, 0.15) is 5.82 Å². The molecule has 1 aromatic heterocycles. The summed E-state index contributed by atoms with van der Waals surface area (Å²) in [4.78, 5) is 48.9. The number of halogens is 2. The zero-order chi connectivity index (χ0) is 21.4. The fourth-order valence-corrected chi connectivity index (χ4v) is 2.62. The second-order valence-electron chi connectivity index (χ2n) is 6.48. The maximum atomic E-state index is 14.5. The van der Waals surface area contributed by atoms with E-state index >= 15 is 0 Å². The highest BCUT2D eigenvalue weighted by molar-refractivity contribution is 6.33. The largest absolute Gasteiger partial charge is 0.466 e. The van der Waals surface area contributed by atoms with Gasteiger partial charge in [0.2, 0.25) is 5.60 Å². The van der Waals surface area contributed by atoms with Gasteiger partial charge in [-0.1, -0.05) is 11.6 Å². The topological polar surface area (TPSA) is 96.6 Å².